The van der Waals surface area contributed by atoms with Crippen LogP contribution in [0.4, 0.5) is 5.13 Å². The van der Waals surface area contributed by atoms with Gasteiger partial charge in [0.2, 0.25) is 5.13 Å². The molecule has 0 radical (unpaired) electrons. The molecule has 0 spiro atoms. The first kappa shape index (κ1) is 15.1. The first-order valence-electron chi connectivity index (χ1n) is 8.12. The number of hydrazone groups is 1. The van der Waals surface area contributed by atoms with Crippen LogP contribution in [0.2, 0.25) is 0 Å². The maximum atomic E-state index is 4.96. The Kier molecular flexibility index (Phi) is 3.90. The molecule has 4 heteroatoms. The van der Waals surface area contributed by atoms with E-state index in [1.54, 1.807) is 11.3 Å². The highest BCUT2D eigenvalue weighted by Crippen LogP contribution is 2.38. The van der Waals surface area contributed by atoms with Crippen LogP contribution in [0.3, 0.4) is 0 Å². The molecule has 0 saturated carbocycles. The monoisotopic (exact) mass is 333 g/mol. The molecule has 2 heterocycles. The van der Waals surface area contributed by atoms with Crippen LogP contribution in [-0.2, 0) is 0 Å². The topological polar surface area (TPSA) is 28.5 Å². The van der Waals surface area contributed by atoms with Crippen molar-refractivity contribution in [2.75, 3.05) is 5.01 Å². The van der Waals surface area contributed by atoms with Crippen molar-refractivity contribution in [2.24, 2.45) is 5.10 Å². The highest BCUT2D eigenvalue weighted by Gasteiger charge is 2.31. The number of anilines is 1. The Bertz CT molecular complexity index is 883. The lowest BCUT2D eigenvalue weighted by molar-refractivity contribution is 0.705. The van der Waals surface area contributed by atoms with E-state index in [-0.39, 0.29) is 6.04 Å². The van der Waals surface area contributed by atoms with Gasteiger partial charge in [0.15, 0.2) is 0 Å². The number of aromatic nitrogens is 1. The lowest BCUT2D eigenvalue weighted by Gasteiger charge is -2.21. The molecule has 0 unspecified atom stereocenters. The summed E-state index contributed by atoms with van der Waals surface area (Å²) in [6, 6.07) is 19.2. The number of hydrogen-bond acceptors (Lipinski definition) is 4. The van der Waals surface area contributed by atoms with Crippen molar-refractivity contribution in [1.29, 1.82) is 0 Å². The minimum absolute atomic E-state index is 0.200. The van der Waals surface area contributed by atoms with E-state index in [0.29, 0.717) is 0 Å². The second-order valence-electron chi connectivity index (χ2n) is 6.11. The number of thiazole rings is 1. The number of aryl methyl sites for hydroxylation is 2. The second kappa shape index (κ2) is 6.21. The van der Waals surface area contributed by atoms with Gasteiger partial charge < -0.3 is 0 Å². The summed E-state index contributed by atoms with van der Waals surface area (Å²) in [5.41, 5.74) is 5.95. The van der Waals surface area contributed by atoms with Crippen LogP contribution in [0.25, 0.3) is 0 Å². The van der Waals surface area contributed by atoms with Gasteiger partial charge in [-0.2, -0.15) is 5.10 Å². The summed E-state index contributed by atoms with van der Waals surface area (Å²) < 4.78 is 0. The van der Waals surface area contributed by atoms with Gasteiger partial charge in [0.1, 0.15) is 0 Å². The predicted molar refractivity (Wildman–Crippen MR) is 101 cm³/mol. The van der Waals surface area contributed by atoms with Gasteiger partial charge in [-0.15, -0.1) is 11.3 Å². The maximum Gasteiger partial charge on any atom is 0.206 e. The molecule has 24 heavy (non-hydrogen) atoms. The van der Waals surface area contributed by atoms with Crippen LogP contribution in [-0.4, -0.2) is 10.7 Å². The van der Waals surface area contributed by atoms with Gasteiger partial charge in [-0.1, -0.05) is 54.6 Å². The molecule has 4 rings (SSSR count). The van der Waals surface area contributed by atoms with Crippen LogP contribution in [0, 0.1) is 13.8 Å². The molecule has 2 aromatic carbocycles. The maximum absolute atomic E-state index is 4.96. The quantitative estimate of drug-likeness (QED) is 0.666. The largest absolute Gasteiger partial charge is 0.231 e. The molecule has 3 aromatic rings. The molecule has 1 aliphatic heterocycles. The van der Waals surface area contributed by atoms with Gasteiger partial charge in [0.05, 0.1) is 17.4 Å². The third-order valence-corrected chi connectivity index (χ3v) is 5.30. The van der Waals surface area contributed by atoms with E-state index in [0.717, 1.165) is 23.0 Å². The standard InChI is InChI=1S/C20H19N3S/c1-14-8-6-7-11-17(14)18-12-19(16-9-4-3-5-10-16)23(22-18)20-21-15(2)13-24-20/h3-11,13,19H,12H2,1-2H3/t19-/m0/s1. The fraction of sp³-hybridized carbons (Fsp3) is 0.200. The minimum Gasteiger partial charge on any atom is -0.231 e. The van der Waals surface area contributed by atoms with E-state index in [4.69, 9.17) is 5.10 Å². The highest BCUT2D eigenvalue weighted by molar-refractivity contribution is 7.13. The van der Waals surface area contributed by atoms with E-state index >= 15 is 0 Å². The summed E-state index contributed by atoms with van der Waals surface area (Å²) in [5.74, 6) is 0. The summed E-state index contributed by atoms with van der Waals surface area (Å²) in [4.78, 5) is 4.66. The number of rotatable bonds is 3. The van der Waals surface area contributed by atoms with E-state index in [2.05, 4.69) is 76.9 Å². The SMILES string of the molecule is Cc1csc(N2N=C(c3ccccc3C)C[C@H]2c2ccccc2)n1. The zero-order valence-electron chi connectivity index (χ0n) is 13.8. The molecule has 0 N–H and O–H groups in total. The molecule has 0 amide bonds. The number of hydrogen-bond donors (Lipinski definition) is 0. The van der Waals surface area contributed by atoms with Gasteiger partial charge in [-0.25, -0.2) is 9.99 Å². The van der Waals surface area contributed by atoms with Gasteiger partial charge >= 0.3 is 0 Å². The second-order valence-corrected chi connectivity index (χ2v) is 6.94. The molecule has 0 aliphatic carbocycles. The lowest BCUT2D eigenvalue weighted by atomic mass is 9.96. The van der Waals surface area contributed by atoms with Crippen LogP contribution in [0.15, 0.2) is 65.1 Å². The molecule has 3 nitrogen and oxygen atoms in total. The van der Waals surface area contributed by atoms with Gasteiger partial charge in [-0.3, -0.25) is 0 Å². The normalized spacial score (nSPS) is 17.2. The Balaban J connectivity index is 1.77. The Labute approximate surface area is 146 Å². The summed E-state index contributed by atoms with van der Waals surface area (Å²) in [5, 5.41) is 10.1. The number of benzene rings is 2. The molecule has 0 bridgehead atoms. The smallest absolute Gasteiger partial charge is 0.206 e. The van der Waals surface area contributed by atoms with Crippen LogP contribution in [0.1, 0.15) is 34.8 Å². The van der Waals surface area contributed by atoms with Crippen molar-refractivity contribution >= 4 is 22.2 Å². The Morgan fingerprint density at radius 1 is 1.00 bits per heavy atom. The zero-order chi connectivity index (χ0) is 16.5. The summed E-state index contributed by atoms with van der Waals surface area (Å²) in [7, 11) is 0. The molecule has 120 valence electrons. The molecule has 0 saturated heterocycles. The molecular formula is C20H19N3S. The number of nitrogens with zero attached hydrogens (tertiary/aromatic N) is 3. The predicted octanol–water partition coefficient (Wildman–Crippen LogP) is 5.12. The Morgan fingerprint density at radius 3 is 2.46 bits per heavy atom. The molecule has 1 aliphatic rings. The van der Waals surface area contributed by atoms with Crippen molar-refractivity contribution in [1.82, 2.24) is 4.98 Å². The van der Waals surface area contributed by atoms with Gasteiger partial charge in [0, 0.05) is 17.4 Å². The van der Waals surface area contributed by atoms with Crippen LogP contribution < -0.4 is 5.01 Å². The molecular weight excluding hydrogens is 314 g/mol. The lowest BCUT2D eigenvalue weighted by Crippen LogP contribution is -2.18. The third kappa shape index (κ3) is 2.74. The highest BCUT2D eigenvalue weighted by atomic mass is 32.1. The van der Waals surface area contributed by atoms with E-state index in [1.807, 2.05) is 6.92 Å². The summed E-state index contributed by atoms with van der Waals surface area (Å²) in [6.07, 6.45) is 0.896. The van der Waals surface area contributed by atoms with E-state index in [1.165, 1.54) is 16.7 Å². The fourth-order valence-corrected chi connectivity index (χ4v) is 3.93. The molecule has 1 aromatic heterocycles. The van der Waals surface area contributed by atoms with Crippen LogP contribution in [0.5, 0.6) is 0 Å². The average Bonchev–Trinajstić information content (AvgIpc) is 3.22. The molecule has 1 atom stereocenters. The van der Waals surface area contributed by atoms with Crippen molar-refractivity contribution in [3.63, 3.8) is 0 Å². The van der Waals surface area contributed by atoms with Crippen LogP contribution >= 0.6 is 11.3 Å². The zero-order valence-corrected chi connectivity index (χ0v) is 14.6. The van der Waals surface area contributed by atoms with Gasteiger partial charge in [0.25, 0.3) is 0 Å². The first-order valence-corrected chi connectivity index (χ1v) is 9.00. The average molecular weight is 333 g/mol. The summed E-state index contributed by atoms with van der Waals surface area (Å²) >= 11 is 1.65. The van der Waals surface area contributed by atoms with Crippen molar-refractivity contribution < 1.29 is 0 Å². The van der Waals surface area contributed by atoms with Crippen molar-refractivity contribution in [3.05, 3.63) is 82.4 Å². The fourth-order valence-electron chi connectivity index (χ4n) is 3.13. The first-order chi connectivity index (χ1) is 11.7. The Hall–Kier alpha value is -2.46. The third-order valence-electron chi connectivity index (χ3n) is 4.35. The van der Waals surface area contributed by atoms with Crippen molar-refractivity contribution in [2.45, 2.75) is 26.3 Å². The van der Waals surface area contributed by atoms with Crippen molar-refractivity contribution in [3.8, 4) is 0 Å². The van der Waals surface area contributed by atoms with E-state index < -0.39 is 0 Å². The van der Waals surface area contributed by atoms with Gasteiger partial charge in [-0.05, 0) is 25.0 Å². The minimum atomic E-state index is 0.200. The Morgan fingerprint density at radius 2 is 1.75 bits per heavy atom. The molecule has 0 fully saturated rings. The van der Waals surface area contributed by atoms with E-state index in [9.17, 15) is 0 Å². The summed E-state index contributed by atoms with van der Waals surface area (Å²) in [6.45, 7) is 4.17.